The minimum atomic E-state index is 1.17. The zero-order valence-electron chi connectivity index (χ0n) is 7.99. The van der Waals surface area contributed by atoms with Crippen LogP contribution in [-0.4, -0.2) is 0 Å². The van der Waals surface area contributed by atoms with Crippen LogP contribution in [0.3, 0.4) is 0 Å². The van der Waals surface area contributed by atoms with Crippen LogP contribution in [0.15, 0.2) is 23.8 Å². The van der Waals surface area contributed by atoms with Gasteiger partial charge in [0.25, 0.3) is 0 Å². The Morgan fingerprint density at radius 2 is 1.50 bits per heavy atom. The second-order valence-electron chi connectivity index (χ2n) is 2.90. The monoisotopic (exact) mass is 140 g/mol. The Hall–Kier alpha value is -0.520. The summed E-state index contributed by atoms with van der Waals surface area (Å²) in [4.78, 5) is 0. The van der Waals surface area contributed by atoms with Crippen LogP contribution in [0.5, 0.6) is 0 Å². The van der Waals surface area contributed by atoms with E-state index in [2.05, 4.69) is 33.4 Å². The Labute approximate surface area is 65.7 Å². The van der Waals surface area contributed by atoms with Crippen LogP contribution < -0.4 is 0 Å². The molecule has 0 rings (SSSR count). The first-order valence-electron chi connectivity index (χ1n) is 3.76. The predicted octanol–water partition coefficient (Wildman–Crippen LogP) is 3.95. The first-order valence-corrected chi connectivity index (χ1v) is 3.76. The fourth-order valence-electron chi connectivity index (χ4n) is 0.408. The fourth-order valence-corrected chi connectivity index (χ4v) is 0.408. The van der Waals surface area contributed by atoms with Crippen molar-refractivity contribution < 1.29 is 0 Å². The third-order valence-corrected chi connectivity index (χ3v) is 0.612. The van der Waals surface area contributed by atoms with Gasteiger partial charge in [0.05, 0.1) is 0 Å². The molecule has 0 aromatic rings. The zero-order valence-corrected chi connectivity index (χ0v) is 7.99. The molecule has 0 aromatic heterocycles. The molecule has 0 N–H and O–H groups in total. The van der Waals surface area contributed by atoms with E-state index in [1.807, 2.05) is 13.8 Å². The molecular formula is C10H20. The summed E-state index contributed by atoms with van der Waals surface area (Å²) in [5.74, 6) is 0. The van der Waals surface area contributed by atoms with Crippen molar-refractivity contribution in [1.82, 2.24) is 0 Å². The lowest BCUT2D eigenvalue weighted by Crippen LogP contribution is -1.58. The standard InChI is InChI=1S/C6H12.C4H8/c1-4-5-6(2)3;1-4(2)3/h5H,4H2,1-3H3;1H2,2-3H3. The topological polar surface area (TPSA) is 0 Å². The summed E-state index contributed by atoms with van der Waals surface area (Å²) in [7, 11) is 0. The molecular weight excluding hydrogens is 120 g/mol. The van der Waals surface area contributed by atoms with Gasteiger partial charge in [-0.2, -0.15) is 0 Å². The van der Waals surface area contributed by atoms with Gasteiger partial charge in [-0.05, 0) is 34.1 Å². The lowest BCUT2D eigenvalue weighted by molar-refractivity contribution is 1.18. The maximum Gasteiger partial charge on any atom is -0.0377 e. The normalized spacial score (nSPS) is 7.30. The molecule has 0 aromatic carbocycles. The van der Waals surface area contributed by atoms with E-state index in [1.165, 1.54) is 17.6 Å². The number of rotatable bonds is 1. The minimum absolute atomic E-state index is 1.17. The molecule has 0 bridgehead atoms. The zero-order chi connectivity index (χ0) is 8.57. The third-order valence-electron chi connectivity index (χ3n) is 0.612. The quantitative estimate of drug-likeness (QED) is 0.484. The molecule has 0 nitrogen and oxygen atoms in total. The van der Waals surface area contributed by atoms with Crippen molar-refractivity contribution in [2.45, 2.75) is 41.0 Å². The lowest BCUT2D eigenvalue weighted by atomic mass is 10.3. The third kappa shape index (κ3) is 51.1. The van der Waals surface area contributed by atoms with Crippen LogP contribution >= 0.6 is 0 Å². The maximum atomic E-state index is 3.56. The largest absolute Gasteiger partial charge is 0.100 e. The van der Waals surface area contributed by atoms with E-state index in [0.717, 1.165) is 0 Å². The van der Waals surface area contributed by atoms with Crippen LogP contribution in [-0.2, 0) is 0 Å². The van der Waals surface area contributed by atoms with Gasteiger partial charge in [-0.1, -0.05) is 24.1 Å². The lowest BCUT2D eigenvalue weighted by Gasteiger charge is -1.80. The van der Waals surface area contributed by atoms with E-state index in [-0.39, 0.29) is 0 Å². The van der Waals surface area contributed by atoms with Crippen LogP contribution in [0.25, 0.3) is 0 Å². The second kappa shape index (κ2) is 8.48. The molecule has 0 saturated carbocycles. The minimum Gasteiger partial charge on any atom is -0.100 e. The van der Waals surface area contributed by atoms with Crippen LogP contribution in [0.4, 0.5) is 0 Å². The van der Waals surface area contributed by atoms with Crippen LogP contribution in [0.2, 0.25) is 0 Å². The number of allylic oxidation sites excluding steroid dienone is 3. The van der Waals surface area contributed by atoms with Crippen molar-refractivity contribution >= 4 is 0 Å². The molecule has 60 valence electrons. The first kappa shape index (κ1) is 12.2. The molecule has 0 heteroatoms. The summed E-state index contributed by atoms with van der Waals surface area (Å²) in [6, 6.07) is 0. The molecule has 0 saturated heterocycles. The maximum absolute atomic E-state index is 3.56. The molecule has 0 heterocycles. The Balaban J connectivity index is 0. The summed E-state index contributed by atoms with van der Waals surface area (Å²) in [5, 5.41) is 0. The van der Waals surface area contributed by atoms with E-state index in [0.29, 0.717) is 0 Å². The Bertz CT molecular complexity index is 99.2. The highest BCUT2D eigenvalue weighted by molar-refractivity contribution is 4.91. The molecule has 0 aliphatic rings. The van der Waals surface area contributed by atoms with Gasteiger partial charge in [-0.25, -0.2) is 0 Å². The van der Waals surface area contributed by atoms with Crippen molar-refractivity contribution in [1.29, 1.82) is 0 Å². The molecule has 0 unspecified atom stereocenters. The molecule has 0 radical (unpaired) electrons. The molecule has 0 fully saturated rings. The second-order valence-corrected chi connectivity index (χ2v) is 2.90. The van der Waals surface area contributed by atoms with Crippen molar-refractivity contribution in [3.8, 4) is 0 Å². The average Bonchev–Trinajstić information content (AvgIpc) is 1.62. The first-order chi connectivity index (χ1) is 4.50. The Morgan fingerprint density at radius 3 is 1.50 bits per heavy atom. The number of hydrogen-bond acceptors (Lipinski definition) is 0. The molecule has 0 aliphatic carbocycles. The highest BCUT2D eigenvalue weighted by atomic mass is 13.7. The molecule has 0 aliphatic heterocycles. The summed E-state index contributed by atoms with van der Waals surface area (Å²) in [6.45, 7) is 13.9. The molecule has 0 amide bonds. The van der Waals surface area contributed by atoms with Gasteiger partial charge in [-0.3, -0.25) is 0 Å². The number of hydrogen-bond donors (Lipinski definition) is 0. The van der Waals surface area contributed by atoms with Gasteiger partial charge < -0.3 is 0 Å². The van der Waals surface area contributed by atoms with Gasteiger partial charge in [-0.15, -0.1) is 6.58 Å². The molecule has 10 heavy (non-hydrogen) atoms. The smallest absolute Gasteiger partial charge is 0.0377 e. The van der Waals surface area contributed by atoms with Crippen molar-refractivity contribution in [2.24, 2.45) is 0 Å². The highest BCUT2D eigenvalue weighted by Crippen LogP contribution is 1.89. The van der Waals surface area contributed by atoms with E-state index in [9.17, 15) is 0 Å². The van der Waals surface area contributed by atoms with Crippen molar-refractivity contribution in [3.63, 3.8) is 0 Å². The van der Waals surface area contributed by atoms with Gasteiger partial charge in [0.2, 0.25) is 0 Å². The summed E-state index contributed by atoms with van der Waals surface area (Å²) >= 11 is 0. The Kier molecular flexibility index (Phi) is 10.3. The van der Waals surface area contributed by atoms with Gasteiger partial charge in [0.1, 0.15) is 0 Å². The van der Waals surface area contributed by atoms with Crippen LogP contribution in [0.1, 0.15) is 41.0 Å². The van der Waals surface area contributed by atoms with E-state index < -0.39 is 0 Å². The van der Waals surface area contributed by atoms with Crippen LogP contribution in [0, 0.1) is 0 Å². The summed E-state index contributed by atoms with van der Waals surface area (Å²) in [6.07, 6.45) is 3.38. The van der Waals surface area contributed by atoms with E-state index in [4.69, 9.17) is 0 Å². The summed E-state index contributed by atoms with van der Waals surface area (Å²) < 4.78 is 0. The van der Waals surface area contributed by atoms with Crippen molar-refractivity contribution in [3.05, 3.63) is 23.8 Å². The Morgan fingerprint density at radius 1 is 1.20 bits per heavy atom. The SMILES string of the molecule is C=C(C)C.CCC=C(C)C. The van der Waals surface area contributed by atoms with Gasteiger partial charge >= 0.3 is 0 Å². The van der Waals surface area contributed by atoms with Gasteiger partial charge in [0.15, 0.2) is 0 Å². The molecule has 0 atom stereocenters. The molecule has 0 spiro atoms. The van der Waals surface area contributed by atoms with E-state index >= 15 is 0 Å². The van der Waals surface area contributed by atoms with Crippen molar-refractivity contribution in [2.75, 3.05) is 0 Å². The fraction of sp³-hybridized carbons (Fsp3) is 0.600. The summed E-state index contributed by atoms with van der Waals surface area (Å²) in [5.41, 5.74) is 2.58. The average molecular weight is 140 g/mol. The van der Waals surface area contributed by atoms with Gasteiger partial charge in [0, 0.05) is 0 Å². The van der Waals surface area contributed by atoms with E-state index in [1.54, 1.807) is 0 Å². The predicted molar refractivity (Wildman–Crippen MR) is 50.2 cm³/mol. The highest BCUT2D eigenvalue weighted by Gasteiger charge is 1.67.